The summed E-state index contributed by atoms with van der Waals surface area (Å²) in [5.74, 6) is -0.917. The summed E-state index contributed by atoms with van der Waals surface area (Å²) in [6.07, 6.45) is -2.26. The zero-order chi connectivity index (χ0) is 24.1. The van der Waals surface area contributed by atoms with Gasteiger partial charge in [-0.3, -0.25) is 9.59 Å². The van der Waals surface area contributed by atoms with Crippen LogP contribution in [0.1, 0.15) is 48.8 Å². The molecule has 2 amide bonds. The first-order chi connectivity index (χ1) is 15.5. The highest BCUT2D eigenvalue weighted by Crippen LogP contribution is 2.37. The number of nitrogens with zero attached hydrogens (tertiary/aromatic N) is 4. The van der Waals surface area contributed by atoms with Crippen LogP contribution in [0.4, 0.5) is 18.9 Å². The minimum absolute atomic E-state index is 0.0330. The Kier molecular flexibility index (Phi) is 6.02. The van der Waals surface area contributed by atoms with Gasteiger partial charge < -0.3 is 24.8 Å². The lowest BCUT2D eigenvalue weighted by Gasteiger charge is -2.44. The molecular weight excluding hydrogens is 439 g/mol. The number of piperazine rings is 1. The summed E-state index contributed by atoms with van der Waals surface area (Å²) < 4.78 is 42.3. The highest BCUT2D eigenvalue weighted by atomic mass is 19.4. The molecule has 0 spiro atoms. The molecular formula is C22H28F3N5O3. The summed E-state index contributed by atoms with van der Waals surface area (Å²) in [5.41, 5.74) is -0.791. The Morgan fingerprint density at radius 3 is 2.48 bits per heavy atom. The lowest BCUT2D eigenvalue weighted by Crippen LogP contribution is -2.60. The van der Waals surface area contributed by atoms with E-state index in [-0.39, 0.29) is 53.2 Å². The lowest BCUT2D eigenvalue weighted by molar-refractivity contribution is -0.141. The number of hydrogen-bond acceptors (Lipinski definition) is 5. The number of alkyl halides is 3. The number of aliphatic hydroxyl groups excluding tert-OH is 1. The molecule has 2 heterocycles. The number of halogens is 3. The van der Waals surface area contributed by atoms with E-state index in [1.807, 2.05) is 6.92 Å². The molecule has 1 aromatic carbocycles. The van der Waals surface area contributed by atoms with Crippen molar-refractivity contribution in [1.82, 2.24) is 19.4 Å². The van der Waals surface area contributed by atoms with Crippen LogP contribution in [0.25, 0.3) is 11.0 Å². The Hall–Kier alpha value is -2.82. The molecule has 2 N–H and O–H groups in total. The molecule has 1 saturated heterocycles. The van der Waals surface area contributed by atoms with E-state index >= 15 is 0 Å². The topological polar surface area (TPSA) is 90.7 Å². The van der Waals surface area contributed by atoms with Crippen molar-refractivity contribution in [1.29, 1.82) is 0 Å². The predicted octanol–water partition coefficient (Wildman–Crippen LogP) is 2.61. The Morgan fingerprint density at radius 1 is 1.21 bits per heavy atom. The van der Waals surface area contributed by atoms with Gasteiger partial charge in [-0.2, -0.15) is 13.2 Å². The molecule has 0 unspecified atom stereocenters. The quantitative estimate of drug-likeness (QED) is 0.724. The number of aromatic nitrogens is 2. The average molecular weight is 467 g/mol. The number of benzene rings is 1. The molecule has 2 aromatic rings. The lowest BCUT2D eigenvalue weighted by atomic mass is 9.91. The number of nitrogens with one attached hydrogen (secondary N) is 1. The van der Waals surface area contributed by atoms with Gasteiger partial charge in [0.05, 0.1) is 17.2 Å². The molecule has 1 saturated carbocycles. The molecule has 1 atom stereocenters. The zero-order valence-electron chi connectivity index (χ0n) is 18.8. The number of anilines is 1. The molecule has 8 nitrogen and oxygen atoms in total. The van der Waals surface area contributed by atoms with Gasteiger partial charge in [0.2, 0.25) is 5.91 Å². The zero-order valence-corrected chi connectivity index (χ0v) is 18.8. The van der Waals surface area contributed by atoms with Gasteiger partial charge in [-0.15, -0.1) is 0 Å². The van der Waals surface area contributed by atoms with E-state index in [9.17, 15) is 27.9 Å². The number of hydrogen-bond donors (Lipinski definition) is 2. The standard InChI is InChI=1S/C22H28F3N5O3/c1-12-10-30(14-4-6-15(31)7-5-14)18(32)11-29(12)21(33)20-27-19-16(22(23,24)25)8-13(26-2)9-17(19)28(20)3/h8-9,12,14-15,26,31H,4-7,10-11H2,1-3H3/t12-,14?,15?/m1/s1. The first-order valence-corrected chi connectivity index (χ1v) is 11.0. The van der Waals surface area contributed by atoms with Gasteiger partial charge in [-0.05, 0) is 44.7 Å². The maximum atomic E-state index is 13.6. The van der Waals surface area contributed by atoms with Crippen molar-refractivity contribution in [3.63, 3.8) is 0 Å². The SMILES string of the molecule is CNc1cc(C(F)(F)F)c2nc(C(=O)N3CC(=O)N(C4CCC(O)CC4)C[C@H]3C)n(C)c2c1. The summed E-state index contributed by atoms with van der Waals surface area (Å²) in [5, 5.41) is 12.4. The van der Waals surface area contributed by atoms with Crippen molar-refractivity contribution in [3.8, 4) is 0 Å². The molecule has 0 bridgehead atoms. The van der Waals surface area contributed by atoms with Crippen LogP contribution in [0.5, 0.6) is 0 Å². The van der Waals surface area contributed by atoms with Gasteiger partial charge in [-0.1, -0.05) is 0 Å². The molecule has 0 radical (unpaired) electrons. The minimum atomic E-state index is -4.64. The molecule has 4 rings (SSSR count). The second-order valence-corrected chi connectivity index (χ2v) is 8.92. The van der Waals surface area contributed by atoms with E-state index in [1.54, 1.807) is 4.90 Å². The summed E-state index contributed by atoms with van der Waals surface area (Å²) in [7, 11) is 3.02. The predicted molar refractivity (Wildman–Crippen MR) is 116 cm³/mol. The van der Waals surface area contributed by atoms with Crippen LogP contribution in [-0.2, 0) is 18.0 Å². The minimum Gasteiger partial charge on any atom is -0.393 e. The number of fused-ring (bicyclic) bond motifs is 1. The number of aryl methyl sites for hydroxylation is 1. The van der Waals surface area contributed by atoms with Gasteiger partial charge in [0.1, 0.15) is 12.1 Å². The number of rotatable bonds is 3. The highest BCUT2D eigenvalue weighted by Gasteiger charge is 2.40. The van der Waals surface area contributed by atoms with Crippen molar-refractivity contribution in [2.75, 3.05) is 25.5 Å². The third-order valence-corrected chi connectivity index (χ3v) is 6.76. The molecule has 180 valence electrons. The second kappa shape index (κ2) is 8.51. The van der Waals surface area contributed by atoms with Crippen molar-refractivity contribution in [3.05, 3.63) is 23.5 Å². The smallest absolute Gasteiger partial charge is 0.393 e. The maximum Gasteiger partial charge on any atom is 0.418 e. The van der Waals surface area contributed by atoms with Crippen LogP contribution < -0.4 is 5.32 Å². The van der Waals surface area contributed by atoms with Crippen LogP contribution in [-0.4, -0.2) is 74.6 Å². The number of carbonyl (C=O) groups is 2. The Bertz CT molecular complexity index is 1080. The van der Waals surface area contributed by atoms with Gasteiger partial charge in [0, 0.05) is 38.4 Å². The normalized spacial score (nSPS) is 24.5. The number of amides is 2. The third kappa shape index (κ3) is 4.25. The molecule has 11 heteroatoms. The molecule has 2 aliphatic rings. The second-order valence-electron chi connectivity index (χ2n) is 8.92. The fraction of sp³-hybridized carbons (Fsp3) is 0.591. The van der Waals surface area contributed by atoms with E-state index in [1.165, 1.54) is 29.6 Å². The van der Waals surface area contributed by atoms with E-state index < -0.39 is 17.6 Å². The van der Waals surface area contributed by atoms with Gasteiger partial charge in [-0.25, -0.2) is 4.98 Å². The summed E-state index contributed by atoms with van der Waals surface area (Å²) >= 11 is 0. The van der Waals surface area contributed by atoms with Crippen molar-refractivity contribution in [2.24, 2.45) is 7.05 Å². The van der Waals surface area contributed by atoms with Crippen molar-refractivity contribution in [2.45, 2.75) is 57.0 Å². The third-order valence-electron chi connectivity index (χ3n) is 6.76. The van der Waals surface area contributed by atoms with Crippen LogP contribution in [0.15, 0.2) is 12.1 Å². The highest BCUT2D eigenvalue weighted by molar-refractivity contribution is 5.98. The van der Waals surface area contributed by atoms with Crippen LogP contribution in [0, 0.1) is 0 Å². The molecule has 2 fully saturated rings. The Balaban J connectivity index is 1.62. The average Bonchev–Trinajstić information content (AvgIpc) is 3.10. The fourth-order valence-corrected chi connectivity index (χ4v) is 4.84. The largest absolute Gasteiger partial charge is 0.418 e. The summed E-state index contributed by atoms with van der Waals surface area (Å²) in [4.78, 5) is 33.4. The van der Waals surface area contributed by atoms with E-state index in [0.717, 1.165) is 6.07 Å². The van der Waals surface area contributed by atoms with Crippen molar-refractivity contribution >= 4 is 28.5 Å². The Morgan fingerprint density at radius 2 is 1.88 bits per heavy atom. The molecule has 33 heavy (non-hydrogen) atoms. The molecule has 1 aromatic heterocycles. The first-order valence-electron chi connectivity index (χ1n) is 11.0. The summed E-state index contributed by atoms with van der Waals surface area (Å²) in [6.45, 7) is 2.00. The fourth-order valence-electron chi connectivity index (χ4n) is 4.84. The monoisotopic (exact) mass is 467 g/mol. The Labute approximate surface area is 189 Å². The van der Waals surface area contributed by atoms with Crippen LogP contribution in [0.3, 0.4) is 0 Å². The van der Waals surface area contributed by atoms with Gasteiger partial charge in [0.15, 0.2) is 5.82 Å². The molecule has 1 aliphatic carbocycles. The number of carbonyl (C=O) groups excluding carboxylic acids is 2. The van der Waals surface area contributed by atoms with E-state index in [2.05, 4.69) is 10.3 Å². The maximum absolute atomic E-state index is 13.6. The first kappa shape index (κ1) is 23.3. The van der Waals surface area contributed by atoms with E-state index in [4.69, 9.17) is 0 Å². The van der Waals surface area contributed by atoms with E-state index in [0.29, 0.717) is 32.2 Å². The van der Waals surface area contributed by atoms with Crippen molar-refractivity contribution < 1.29 is 27.9 Å². The van der Waals surface area contributed by atoms with Crippen LogP contribution in [0.2, 0.25) is 0 Å². The van der Waals surface area contributed by atoms with Crippen LogP contribution >= 0.6 is 0 Å². The van der Waals surface area contributed by atoms with Gasteiger partial charge >= 0.3 is 6.18 Å². The number of aliphatic hydroxyl groups is 1. The summed E-state index contributed by atoms with van der Waals surface area (Å²) in [6, 6.07) is 2.19. The number of imidazole rings is 1. The molecule has 1 aliphatic heterocycles. The van der Waals surface area contributed by atoms with Gasteiger partial charge in [0.25, 0.3) is 5.91 Å².